The van der Waals surface area contributed by atoms with E-state index in [9.17, 15) is 0 Å². The van der Waals surface area contributed by atoms with Gasteiger partial charge in [-0.1, -0.05) is 12.1 Å². The molecule has 0 bridgehead atoms. The van der Waals surface area contributed by atoms with Crippen LogP contribution in [0.15, 0.2) is 18.2 Å². The maximum atomic E-state index is 6.75. The Hall–Kier alpha value is -1.69. The summed E-state index contributed by atoms with van der Waals surface area (Å²) >= 11 is 0. The molecule has 1 aromatic carbocycles. The van der Waals surface area contributed by atoms with E-state index >= 15 is 0 Å². The lowest BCUT2D eigenvalue weighted by Gasteiger charge is -2.03. The van der Waals surface area contributed by atoms with Crippen molar-refractivity contribution in [1.82, 2.24) is 0 Å². The van der Waals surface area contributed by atoms with Crippen LogP contribution in [0.4, 0.5) is 11.4 Å². The van der Waals surface area contributed by atoms with E-state index in [2.05, 4.69) is 4.85 Å². The molecule has 1 rings (SSSR count). The Balaban J connectivity index is 3.23. The molecule has 0 unspecified atom stereocenters. The molecule has 0 fully saturated rings. The van der Waals surface area contributed by atoms with Gasteiger partial charge in [-0.3, -0.25) is 0 Å². The maximum Gasteiger partial charge on any atom is 0.213 e. The second-order valence-electron chi connectivity index (χ2n) is 2.00. The third kappa shape index (κ3) is 1.24. The normalized spacial score (nSPS) is 8.73. The molecule has 11 heavy (non-hydrogen) atoms. The van der Waals surface area contributed by atoms with E-state index in [4.69, 9.17) is 17.0 Å². The molecule has 0 radical (unpaired) electrons. The van der Waals surface area contributed by atoms with Crippen molar-refractivity contribution >= 4 is 11.4 Å². The molecule has 1 aromatic rings. The van der Waals surface area contributed by atoms with E-state index in [1.807, 2.05) is 0 Å². The predicted molar refractivity (Wildman–Crippen MR) is 43.7 cm³/mol. The smallest absolute Gasteiger partial charge is 0.213 e. The summed E-state index contributed by atoms with van der Waals surface area (Å²) in [5, 5.41) is 0. The van der Waals surface area contributed by atoms with Crippen LogP contribution in [-0.2, 0) is 0 Å². The Morgan fingerprint density at radius 1 is 1.55 bits per heavy atom. The van der Waals surface area contributed by atoms with Gasteiger partial charge < -0.3 is 10.5 Å². The number of nitrogen functional groups attached to an aromatic ring is 1. The third-order valence-electron chi connectivity index (χ3n) is 1.38. The SMILES string of the molecule is [C-]#[N+]c1cccc(OC)c1N. The Kier molecular flexibility index (Phi) is 1.98. The monoisotopic (exact) mass is 148 g/mol. The Bertz CT molecular complexity index is 301. The first-order valence-corrected chi connectivity index (χ1v) is 3.09. The first kappa shape index (κ1) is 7.42. The van der Waals surface area contributed by atoms with Gasteiger partial charge in [0, 0.05) is 0 Å². The highest BCUT2D eigenvalue weighted by molar-refractivity contribution is 5.73. The van der Waals surface area contributed by atoms with Gasteiger partial charge in [-0.25, -0.2) is 4.85 Å². The van der Waals surface area contributed by atoms with Crippen LogP contribution in [0.25, 0.3) is 4.85 Å². The largest absolute Gasteiger partial charge is 0.496 e. The van der Waals surface area contributed by atoms with Crippen LogP contribution < -0.4 is 10.5 Å². The summed E-state index contributed by atoms with van der Waals surface area (Å²) < 4.78 is 4.92. The second kappa shape index (κ2) is 2.93. The van der Waals surface area contributed by atoms with Gasteiger partial charge in [0.25, 0.3) is 0 Å². The fourth-order valence-corrected chi connectivity index (χ4v) is 0.808. The summed E-state index contributed by atoms with van der Waals surface area (Å²) in [5.74, 6) is 0.554. The Morgan fingerprint density at radius 2 is 2.27 bits per heavy atom. The van der Waals surface area contributed by atoms with Gasteiger partial charge >= 0.3 is 0 Å². The molecule has 0 aliphatic heterocycles. The average Bonchev–Trinajstić information content (AvgIpc) is 2.05. The number of para-hydroxylation sites is 1. The Labute approximate surface area is 65.2 Å². The minimum atomic E-state index is 0.407. The summed E-state index contributed by atoms with van der Waals surface area (Å²) in [6.07, 6.45) is 0. The van der Waals surface area contributed by atoms with E-state index in [1.54, 1.807) is 18.2 Å². The molecule has 56 valence electrons. The van der Waals surface area contributed by atoms with Crippen molar-refractivity contribution < 1.29 is 4.74 Å². The maximum absolute atomic E-state index is 6.75. The zero-order chi connectivity index (χ0) is 8.27. The molecular formula is C8H8N2O. The number of hydrogen-bond donors (Lipinski definition) is 1. The van der Waals surface area contributed by atoms with Gasteiger partial charge in [0.1, 0.15) is 5.75 Å². The van der Waals surface area contributed by atoms with Crippen LogP contribution in [0.5, 0.6) is 5.75 Å². The number of hydrogen-bond acceptors (Lipinski definition) is 2. The van der Waals surface area contributed by atoms with Gasteiger partial charge in [0.05, 0.1) is 19.4 Å². The van der Waals surface area contributed by atoms with E-state index in [0.717, 1.165) is 0 Å². The quantitative estimate of drug-likeness (QED) is 0.487. The zero-order valence-electron chi connectivity index (χ0n) is 6.16. The number of nitrogens with two attached hydrogens (primary N) is 1. The summed E-state index contributed by atoms with van der Waals surface area (Å²) in [6.45, 7) is 6.75. The Morgan fingerprint density at radius 3 is 2.82 bits per heavy atom. The fraction of sp³-hybridized carbons (Fsp3) is 0.125. The summed E-state index contributed by atoms with van der Waals surface area (Å²) in [5.41, 5.74) is 6.41. The third-order valence-corrected chi connectivity index (χ3v) is 1.38. The highest BCUT2D eigenvalue weighted by Crippen LogP contribution is 2.30. The molecule has 0 spiro atoms. The van der Waals surface area contributed by atoms with Crippen molar-refractivity contribution in [2.45, 2.75) is 0 Å². The molecule has 0 atom stereocenters. The van der Waals surface area contributed by atoms with Gasteiger partial charge in [-0.15, -0.1) is 0 Å². The van der Waals surface area contributed by atoms with Crippen molar-refractivity contribution in [3.63, 3.8) is 0 Å². The topological polar surface area (TPSA) is 39.6 Å². The first-order valence-electron chi connectivity index (χ1n) is 3.09. The molecular weight excluding hydrogens is 140 g/mol. The number of anilines is 1. The molecule has 0 aromatic heterocycles. The number of rotatable bonds is 1. The van der Waals surface area contributed by atoms with Crippen LogP contribution in [-0.4, -0.2) is 7.11 Å². The summed E-state index contributed by atoms with van der Waals surface area (Å²) in [6, 6.07) is 5.12. The highest BCUT2D eigenvalue weighted by atomic mass is 16.5. The first-order chi connectivity index (χ1) is 5.29. The van der Waals surface area contributed by atoms with Crippen LogP contribution in [0.3, 0.4) is 0 Å². The lowest BCUT2D eigenvalue weighted by Crippen LogP contribution is -1.91. The van der Waals surface area contributed by atoms with Crippen molar-refractivity contribution in [3.8, 4) is 5.75 Å². The number of nitrogens with zero attached hydrogens (tertiary/aromatic N) is 1. The van der Waals surface area contributed by atoms with E-state index in [0.29, 0.717) is 17.1 Å². The van der Waals surface area contributed by atoms with Crippen LogP contribution in [0.1, 0.15) is 0 Å². The molecule has 0 amide bonds. The second-order valence-corrected chi connectivity index (χ2v) is 2.00. The van der Waals surface area contributed by atoms with E-state index < -0.39 is 0 Å². The molecule has 0 aliphatic rings. The molecule has 0 aliphatic carbocycles. The average molecular weight is 148 g/mol. The lowest BCUT2D eigenvalue weighted by molar-refractivity contribution is 0.417. The standard InChI is InChI=1S/C8H8N2O/c1-10-6-4-3-5-7(11-2)8(6)9/h3-5H,9H2,2H3. The minimum Gasteiger partial charge on any atom is -0.496 e. The summed E-state index contributed by atoms with van der Waals surface area (Å²) in [4.78, 5) is 3.22. The van der Waals surface area contributed by atoms with Gasteiger partial charge in [0.15, 0.2) is 0 Å². The van der Waals surface area contributed by atoms with Crippen LogP contribution in [0, 0.1) is 6.57 Å². The lowest BCUT2D eigenvalue weighted by atomic mass is 10.2. The molecule has 0 saturated carbocycles. The van der Waals surface area contributed by atoms with Gasteiger partial charge in [-0.2, -0.15) is 0 Å². The van der Waals surface area contributed by atoms with Crippen molar-refractivity contribution in [1.29, 1.82) is 0 Å². The van der Waals surface area contributed by atoms with Crippen molar-refractivity contribution in [2.24, 2.45) is 0 Å². The summed E-state index contributed by atoms with van der Waals surface area (Å²) in [7, 11) is 1.53. The minimum absolute atomic E-state index is 0.407. The number of methoxy groups -OCH3 is 1. The highest BCUT2D eigenvalue weighted by Gasteiger charge is 2.02. The van der Waals surface area contributed by atoms with Crippen molar-refractivity contribution in [3.05, 3.63) is 29.6 Å². The van der Waals surface area contributed by atoms with Gasteiger partial charge in [0.2, 0.25) is 5.69 Å². The zero-order valence-corrected chi connectivity index (χ0v) is 6.16. The van der Waals surface area contributed by atoms with E-state index in [1.165, 1.54) is 7.11 Å². The van der Waals surface area contributed by atoms with Crippen molar-refractivity contribution in [2.75, 3.05) is 12.8 Å². The van der Waals surface area contributed by atoms with Crippen LogP contribution >= 0.6 is 0 Å². The fourth-order valence-electron chi connectivity index (χ4n) is 0.808. The van der Waals surface area contributed by atoms with Crippen LogP contribution in [0.2, 0.25) is 0 Å². The number of benzene rings is 1. The van der Waals surface area contributed by atoms with Gasteiger partial charge in [-0.05, 0) is 6.07 Å². The molecule has 0 heterocycles. The molecule has 2 N–H and O–H groups in total. The molecule has 3 heteroatoms. The molecule has 0 saturated heterocycles. The van der Waals surface area contributed by atoms with E-state index in [-0.39, 0.29) is 0 Å². The number of ether oxygens (including phenoxy) is 1. The predicted octanol–water partition coefficient (Wildman–Crippen LogP) is 1.83. The molecule has 3 nitrogen and oxygen atoms in total.